The second kappa shape index (κ2) is 8.49. The molecule has 4 aromatic carbocycles. The average Bonchev–Trinajstić information content (AvgIpc) is 3.34. The highest BCUT2D eigenvalue weighted by molar-refractivity contribution is 6.52. The Morgan fingerprint density at radius 1 is 0.811 bits per heavy atom. The molecule has 1 aromatic heterocycles. The number of hydrogen-bond donors (Lipinski definition) is 2. The van der Waals surface area contributed by atoms with Gasteiger partial charge in [-0.1, -0.05) is 60.7 Å². The minimum atomic E-state index is -0.788. The first kappa shape index (κ1) is 22.8. The van der Waals surface area contributed by atoms with Crippen LogP contribution >= 0.6 is 0 Å². The second-order valence-electron chi connectivity index (χ2n) is 9.79. The number of anilines is 1. The molecule has 1 aliphatic heterocycles. The van der Waals surface area contributed by atoms with Crippen LogP contribution in [0.5, 0.6) is 0 Å². The van der Waals surface area contributed by atoms with Gasteiger partial charge in [0, 0.05) is 33.4 Å². The standard InChI is InChI=1S/C32H26N2O3/c1-18-14-19(2)16-24(15-18)34-29(27-20(3)33-26-11-7-6-10-25(26)27)28(31(36)32(34)37)30(35)23-13-12-21-8-4-5-9-22(21)17-23/h4-17,29,33,35H,1-3H3/b30-28+. The minimum Gasteiger partial charge on any atom is -0.507 e. The Morgan fingerprint density at radius 3 is 2.24 bits per heavy atom. The van der Waals surface area contributed by atoms with Gasteiger partial charge in [0.05, 0.1) is 11.6 Å². The molecule has 0 aliphatic carbocycles. The number of amides is 1. The van der Waals surface area contributed by atoms with Gasteiger partial charge in [-0.05, 0) is 66.9 Å². The minimum absolute atomic E-state index is 0.0901. The van der Waals surface area contributed by atoms with Crippen molar-refractivity contribution in [1.82, 2.24) is 4.98 Å². The third-order valence-corrected chi connectivity index (χ3v) is 7.17. The van der Waals surface area contributed by atoms with E-state index in [0.29, 0.717) is 11.3 Å². The summed E-state index contributed by atoms with van der Waals surface area (Å²) in [5.41, 5.74) is 5.75. The number of carbonyl (C=O) groups is 2. The molecule has 0 spiro atoms. The Bertz CT molecular complexity index is 1760. The first-order chi connectivity index (χ1) is 17.8. The van der Waals surface area contributed by atoms with Gasteiger partial charge in [-0.3, -0.25) is 14.5 Å². The Kier molecular flexibility index (Phi) is 5.23. The zero-order valence-corrected chi connectivity index (χ0v) is 20.9. The summed E-state index contributed by atoms with van der Waals surface area (Å²) in [4.78, 5) is 32.3. The second-order valence-corrected chi connectivity index (χ2v) is 9.79. The summed E-state index contributed by atoms with van der Waals surface area (Å²) in [6.45, 7) is 5.87. The van der Waals surface area contributed by atoms with E-state index in [9.17, 15) is 14.7 Å². The van der Waals surface area contributed by atoms with Gasteiger partial charge in [-0.2, -0.15) is 0 Å². The number of ketones is 1. The van der Waals surface area contributed by atoms with Crippen LogP contribution in [0, 0.1) is 20.8 Å². The summed E-state index contributed by atoms with van der Waals surface area (Å²) in [6.07, 6.45) is 0. The van der Waals surface area contributed by atoms with E-state index < -0.39 is 17.7 Å². The van der Waals surface area contributed by atoms with Crippen molar-refractivity contribution in [1.29, 1.82) is 0 Å². The number of aromatic nitrogens is 1. The molecule has 1 saturated heterocycles. The maximum Gasteiger partial charge on any atom is 0.300 e. The number of benzene rings is 4. The molecule has 5 nitrogen and oxygen atoms in total. The molecule has 2 heterocycles. The number of rotatable bonds is 3. The van der Waals surface area contributed by atoms with Crippen molar-refractivity contribution in [3.8, 4) is 0 Å². The maximum absolute atomic E-state index is 13.7. The molecule has 6 rings (SSSR count). The molecule has 1 atom stereocenters. The summed E-state index contributed by atoms with van der Waals surface area (Å²) >= 11 is 0. The van der Waals surface area contributed by atoms with Gasteiger partial charge in [0.2, 0.25) is 0 Å². The lowest BCUT2D eigenvalue weighted by Gasteiger charge is -2.26. The fourth-order valence-corrected chi connectivity index (χ4v) is 5.60. The van der Waals surface area contributed by atoms with E-state index in [4.69, 9.17) is 0 Å². The predicted molar refractivity (Wildman–Crippen MR) is 148 cm³/mol. The van der Waals surface area contributed by atoms with E-state index in [1.807, 2.05) is 99.6 Å². The number of nitrogens with one attached hydrogen (secondary N) is 1. The first-order valence-corrected chi connectivity index (χ1v) is 12.3. The number of aromatic amines is 1. The lowest BCUT2D eigenvalue weighted by atomic mass is 9.92. The largest absolute Gasteiger partial charge is 0.507 e. The molecule has 182 valence electrons. The zero-order valence-electron chi connectivity index (χ0n) is 20.9. The highest BCUT2D eigenvalue weighted by atomic mass is 16.3. The Hall–Kier alpha value is -4.64. The van der Waals surface area contributed by atoms with Crippen molar-refractivity contribution >= 4 is 44.8 Å². The Labute approximate surface area is 214 Å². The lowest BCUT2D eigenvalue weighted by molar-refractivity contribution is -0.132. The highest BCUT2D eigenvalue weighted by Crippen LogP contribution is 2.46. The summed E-state index contributed by atoms with van der Waals surface area (Å²) in [5, 5.41) is 14.5. The first-order valence-electron chi connectivity index (χ1n) is 12.3. The molecule has 5 heteroatoms. The highest BCUT2D eigenvalue weighted by Gasteiger charge is 2.48. The normalized spacial score (nSPS) is 17.3. The molecule has 37 heavy (non-hydrogen) atoms. The molecule has 0 radical (unpaired) electrons. The molecule has 1 unspecified atom stereocenters. The number of carbonyl (C=O) groups excluding carboxylic acids is 2. The smallest absolute Gasteiger partial charge is 0.300 e. The van der Waals surface area contributed by atoms with E-state index in [2.05, 4.69) is 4.98 Å². The van der Waals surface area contributed by atoms with Gasteiger partial charge in [-0.15, -0.1) is 0 Å². The monoisotopic (exact) mass is 486 g/mol. The third kappa shape index (κ3) is 3.62. The van der Waals surface area contributed by atoms with Gasteiger partial charge in [0.1, 0.15) is 5.76 Å². The maximum atomic E-state index is 13.7. The fraction of sp³-hybridized carbons (Fsp3) is 0.125. The van der Waals surface area contributed by atoms with Gasteiger partial charge >= 0.3 is 0 Å². The predicted octanol–water partition coefficient (Wildman–Crippen LogP) is 6.87. The quantitative estimate of drug-likeness (QED) is 0.166. The number of hydrogen-bond acceptors (Lipinski definition) is 3. The van der Waals surface area contributed by atoms with Crippen molar-refractivity contribution in [2.75, 3.05) is 4.90 Å². The van der Waals surface area contributed by atoms with E-state index in [-0.39, 0.29) is 11.3 Å². The SMILES string of the molecule is Cc1cc(C)cc(N2C(=O)C(=O)/C(=C(/O)c3ccc4ccccc4c3)C2c2c(C)[nH]c3ccccc23)c1. The fourth-order valence-electron chi connectivity index (χ4n) is 5.60. The van der Waals surface area contributed by atoms with Crippen molar-refractivity contribution < 1.29 is 14.7 Å². The lowest BCUT2D eigenvalue weighted by Crippen LogP contribution is -2.29. The van der Waals surface area contributed by atoms with Crippen molar-refractivity contribution in [3.63, 3.8) is 0 Å². The number of H-pyrrole nitrogens is 1. The average molecular weight is 487 g/mol. The topological polar surface area (TPSA) is 73.4 Å². The van der Waals surface area contributed by atoms with Gasteiger partial charge in [0.25, 0.3) is 11.7 Å². The van der Waals surface area contributed by atoms with Crippen LogP contribution in [0.2, 0.25) is 0 Å². The molecule has 1 fully saturated rings. The molecular weight excluding hydrogens is 460 g/mol. The summed E-state index contributed by atoms with van der Waals surface area (Å²) in [7, 11) is 0. The number of aliphatic hydroxyl groups excluding tert-OH is 1. The molecular formula is C32H26N2O3. The number of nitrogens with zero attached hydrogens (tertiary/aromatic N) is 1. The number of aryl methyl sites for hydroxylation is 3. The van der Waals surface area contributed by atoms with E-state index in [1.54, 1.807) is 6.07 Å². The van der Waals surface area contributed by atoms with Crippen LogP contribution in [0.1, 0.15) is 34.0 Å². The Balaban J connectivity index is 1.65. The Morgan fingerprint density at radius 2 is 1.49 bits per heavy atom. The summed E-state index contributed by atoms with van der Waals surface area (Å²) in [5.74, 6) is -1.52. The van der Waals surface area contributed by atoms with Crippen molar-refractivity contribution in [2.45, 2.75) is 26.8 Å². The molecule has 1 amide bonds. The van der Waals surface area contributed by atoms with E-state index in [0.717, 1.165) is 44.1 Å². The van der Waals surface area contributed by atoms with E-state index in [1.165, 1.54) is 4.90 Å². The van der Waals surface area contributed by atoms with Crippen LogP contribution in [-0.2, 0) is 9.59 Å². The summed E-state index contributed by atoms with van der Waals surface area (Å²) < 4.78 is 0. The third-order valence-electron chi connectivity index (χ3n) is 7.17. The number of para-hydroxylation sites is 1. The van der Waals surface area contributed by atoms with E-state index >= 15 is 0 Å². The van der Waals surface area contributed by atoms with Crippen LogP contribution in [0.3, 0.4) is 0 Å². The zero-order chi connectivity index (χ0) is 25.8. The van der Waals surface area contributed by atoms with Gasteiger partial charge in [-0.25, -0.2) is 0 Å². The van der Waals surface area contributed by atoms with Crippen LogP contribution in [-0.4, -0.2) is 21.8 Å². The molecule has 1 aliphatic rings. The summed E-state index contributed by atoms with van der Waals surface area (Å²) in [6, 6.07) is 26.3. The number of fused-ring (bicyclic) bond motifs is 2. The van der Waals surface area contributed by atoms with Crippen LogP contribution in [0.4, 0.5) is 5.69 Å². The molecule has 2 N–H and O–H groups in total. The van der Waals surface area contributed by atoms with Crippen molar-refractivity contribution in [3.05, 3.63) is 118 Å². The number of Topliss-reactive ketones (excluding diaryl/α,β-unsaturated/α-hetero) is 1. The van der Waals surface area contributed by atoms with Crippen LogP contribution < -0.4 is 4.90 Å². The van der Waals surface area contributed by atoms with Crippen LogP contribution in [0.25, 0.3) is 27.4 Å². The molecule has 5 aromatic rings. The number of aliphatic hydroxyl groups is 1. The molecule has 0 bridgehead atoms. The van der Waals surface area contributed by atoms with Crippen molar-refractivity contribution in [2.24, 2.45) is 0 Å². The van der Waals surface area contributed by atoms with Crippen LogP contribution in [0.15, 0.2) is 90.5 Å². The molecule has 0 saturated carbocycles. The van der Waals surface area contributed by atoms with Gasteiger partial charge in [0.15, 0.2) is 0 Å². The van der Waals surface area contributed by atoms with Gasteiger partial charge < -0.3 is 10.1 Å².